The SMILES string of the molecule is Cc1ccc2nc(-c3ccc(Nc4nc(N5CCCCC5)nc(N5CCCCC5)n4)cc3)sc2c1.Cl.N.N.N.N.[HH].[HH].[HH].[HH]. The molecule has 4 aromatic rings. The van der Waals surface area contributed by atoms with Crippen LogP contribution in [0, 0.1) is 6.92 Å². The maximum absolute atomic E-state index is 4.89. The highest BCUT2D eigenvalue weighted by atomic mass is 35.5. The van der Waals surface area contributed by atoms with Crippen LogP contribution in [-0.4, -0.2) is 46.1 Å². The van der Waals surface area contributed by atoms with Crippen LogP contribution >= 0.6 is 23.7 Å². The van der Waals surface area contributed by atoms with Crippen LogP contribution in [0.25, 0.3) is 20.8 Å². The highest BCUT2D eigenvalue weighted by molar-refractivity contribution is 7.21. The molecule has 11 nitrogen and oxygen atoms in total. The van der Waals surface area contributed by atoms with Crippen molar-refractivity contribution >= 4 is 57.5 Å². The number of benzene rings is 2. The Labute approximate surface area is 252 Å². The number of anilines is 4. The number of nitrogens with zero attached hydrogens (tertiary/aromatic N) is 6. The van der Waals surface area contributed by atoms with Gasteiger partial charge >= 0.3 is 0 Å². The lowest BCUT2D eigenvalue weighted by atomic mass is 10.1. The molecule has 13 N–H and O–H groups in total. The summed E-state index contributed by atoms with van der Waals surface area (Å²) in [4.78, 5) is 24.0. The zero-order chi connectivity index (χ0) is 23.6. The number of nitrogens with one attached hydrogen (secondary N) is 1. The Bertz CT molecular complexity index is 1300. The lowest BCUT2D eigenvalue weighted by Crippen LogP contribution is -2.34. The van der Waals surface area contributed by atoms with Crippen LogP contribution in [0.5, 0.6) is 0 Å². The summed E-state index contributed by atoms with van der Waals surface area (Å²) in [6, 6.07) is 14.8. The fourth-order valence-corrected chi connectivity index (χ4v) is 5.93. The molecule has 2 aliphatic rings. The lowest BCUT2D eigenvalue weighted by Gasteiger charge is -2.30. The topological polar surface area (TPSA) is 210 Å². The van der Waals surface area contributed by atoms with E-state index in [9.17, 15) is 0 Å². The van der Waals surface area contributed by atoms with E-state index >= 15 is 0 Å². The van der Waals surface area contributed by atoms with Crippen molar-refractivity contribution in [2.24, 2.45) is 0 Å². The fraction of sp³-hybridized carbons (Fsp3) is 0.407. The van der Waals surface area contributed by atoms with Crippen molar-refractivity contribution in [1.82, 2.24) is 44.5 Å². The molecule has 0 bridgehead atoms. The number of hydrogen-bond donors (Lipinski definition) is 5. The highest BCUT2D eigenvalue weighted by Crippen LogP contribution is 2.32. The zero-order valence-electron chi connectivity index (χ0n) is 23.4. The molecular weight excluding hydrogens is 546 g/mol. The molecule has 40 heavy (non-hydrogen) atoms. The standard InChI is InChI=1S/C27H31N7S.ClH.4H3N.4H2/c1-19-8-13-22-23(18-19)35-24(29-22)20-9-11-21(12-10-20)28-25-30-26(33-14-4-2-5-15-33)32-27(31-25)34-16-6-3-7-17-34;;;;;;;;;/h8-13,18H,2-7,14-17H2,1H3,(H,28,30,31,32);1H;4*1H3;4*1H. The summed E-state index contributed by atoms with van der Waals surface area (Å²) in [5, 5.41) is 4.48. The molecule has 2 aliphatic heterocycles. The first kappa shape index (κ1) is 34.9. The Kier molecular flexibility index (Phi) is 13.6. The summed E-state index contributed by atoms with van der Waals surface area (Å²) < 4.78 is 1.22. The summed E-state index contributed by atoms with van der Waals surface area (Å²) in [6.45, 7) is 6.17. The summed E-state index contributed by atoms with van der Waals surface area (Å²) in [6.07, 6.45) is 7.35. The van der Waals surface area contributed by atoms with Gasteiger partial charge in [-0.2, -0.15) is 15.0 Å². The van der Waals surface area contributed by atoms with Gasteiger partial charge in [-0.05, 0) is 87.4 Å². The number of aromatic nitrogens is 4. The van der Waals surface area contributed by atoms with Crippen LogP contribution in [0.2, 0.25) is 0 Å². The second kappa shape index (κ2) is 15.6. The molecule has 6 rings (SSSR count). The lowest BCUT2D eigenvalue weighted by molar-refractivity contribution is 0.556. The average molecular weight is 598 g/mol. The van der Waals surface area contributed by atoms with E-state index < -0.39 is 0 Å². The minimum Gasteiger partial charge on any atom is -0.344 e. The van der Waals surface area contributed by atoms with Crippen LogP contribution < -0.4 is 39.7 Å². The Balaban J connectivity index is -0.000000889. The number of fused-ring (bicyclic) bond motifs is 1. The molecule has 13 heteroatoms. The predicted octanol–water partition coefficient (Wildman–Crippen LogP) is 8.23. The summed E-state index contributed by atoms with van der Waals surface area (Å²) in [5.74, 6) is 2.21. The molecule has 0 aliphatic carbocycles. The van der Waals surface area contributed by atoms with E-state index in [4.69, 9.17) is 19.9 Å². The molecule has 2 aromatic carbocycles. The largest absolute Gasteiger partial charge is 0.344 e. The first-order valence-corrected chi connectivity index (χ1v) is 13.5. The number of hydrogen-bond acceptors (Lipinski definition) is 12. The molecule has 0 atom stereocenters. The Morgan fingerprint density at radius 2 is 1.25 bits per heavy atom. The first-order valence-electron chi connectivity index (χ1n) is 12.7. The molecule has 0 saturated carbocycles. The maximum atomic E-state index is 4.89. The molecule has 4 heterocycles. The molecule has 228 valence electrons. The number of aryl methyl sites for hydroxylation is 1. The quantitative estimate of drug-likeness (QED) is 0.148. The van der Waals surface area contributed by atoms with Crippen LogP contribution in [0.4, 0.5) is 23.5 Å². The summed E-state index contributed by atoms with van der Waals surface area (Å²) >= 11 is 1.73. The molecule has 2 aromatic heterocycles. The fourth-order valence-electron chi connectivity index (χ4n) is 4.86. The van der Waals surface area contributed by atoms with Crippen molar-refractivity contribution in [3.63, 3.8) is 0 Å². The summed E-state index contributed by atoms with van der Waals surface area (Å²) in [7, 11) is 0. The molecule has 2 fully saturated rings. The normalized spacial score (nSPS) is 14.5. The van der Waals surface area contributed by atoms with Crippen LogP contribution in [0.15, 0.2) is 42.5 Å². The monoisotopic (exact) mass is 597 g/mol. The van der Waals surface area contributed by atoms with Crippen molar-refractivity contribution in [3.05, 3.63) is 48.0 Å². The highest BCUT2D eigenvalue weighted by Gasteiger charge is 2.20. The van der Waals surface area contributed by atoms with Crippen molar-refractivity contribution < 1.29 is 5.71 Å². The van der Waals surface area contributed by atoms with E-state index in [1.165, 1.54) is 48.8 Å². The van der Waals surface area contributed by atoms with Gasteiger partial charge in [0.2, 0.25) is 17.8 Å². The second-order valence-corrected chi connectivity index (χ2v) is 10.6. The minimum atomic E-state index is 0. The third kappa shape index (κ3) is 7.74. The van der Waals surface area contributed by atoms with E-state index in [1.54, 1.807) is 11.3 Å². The number of piperidine rings is 2. The second-order valence-electron chi connectivity index (χ2n) is 9.55. The van der Waals surface area contributed by atoms with Gasteiger partial charge in [0.25, 0.3) is 0 Å². The Morgan fingerprint density at radius 3 is 1.80 bits per heavy atom. The first-order chi connectivity index (χ1) is 17.2. The van der Waals surface area contributed by atoms with Crippen LogP contribution in [-0.2, 0) is 0 Å². The number of rotatable bonds is 5. The van der Waals surface area contributed by atoms with Crippen molar-refractivity contribution in [1.29, 1.82) is 0 Å². The average Bonchev–Trinajstić information content (AvgIpc) is 3.33. The van der Waals surface area contributed by atoms with Crippen LogP contribution in [0.1, 0.15) is 49.8 Å². The van der Waals surface area contributed by atoms with E-state index in [1.807, 2.05) is 0 Å². The van der Waals surface area contributed by atoms with Gasteiger partial charge in [0, 0.05) is 43.1 Å². The van der Waals surface area contributed by atoms with Gasteiger partial charge in [0.05, 0.1) is 10.2 Å². The van der Waals surface area contributed by atoms with Gasteiger partial charge in [-0.1, -0.05) is 6.07 Å². The molecule has 0 spiro atoms. The third-order valence-corrected chi connectivity index (χ3v) is 7.89. The Hall–Kier alpha value is -3.13. The molecular formula is C27H52ClN11S. The van der Waals surface area contributed by atoms with E-state index in [2.05, 4.69) is 64.5 Å². The van der Waals surface area contributed by atoms with Gasteiger partial charge in [-0.3, -0.25) is 0 Å². The van der Waals surface area contributed by atoms with Gasteiger partial charge in [0.15, 0.2) is 0 Å². The summed E-state index contributed by atoms with van der Waals surface area (Å²) in [5.41, 5.74) is 4.40. The predicted molar refractivity (Wildman–Crippen MR) is 181 cm³/mol. The van der Waals surface area contributed by atoms with Crippen LogP contribution in [0.3, 0.4) is 0 Å². The zero-order valence-corrected chi connectivity index (χ0v) is 25.1. The van der Waals surface area contributed by atoms with Gasteiger partial charge in [-0.15, -0.1) is 23.7 Å². The molecule has 0 radical (unpaired) electrons. The van der Waals surface area contributed by atoms with E-state index in [-0.39, 0.29) is 42.7 Å². The van der Waals surface area contributed by atoms with Gasteiger partial charge < -0.3 is 39.7 Å². The molecule has 0 amide bonds. The van der Waals surface area contributed by atoms with E-state index in [0.29, 0.717) is 5.95 Å². The third-order valence-electron chi connectivity index (χ3n) is 6.82. The van der Waals surface area contributed by atoms with E-state index in [0.717, 1.165) is 59.9 Å². The van der Waals surface area contributed by atoms with Crippen molar-refractivity contribution in [2.75, 3.05) is 41.3 Å². The van der Waals surface area contributed by atoms with Gasteiger partial charge in [-0.25, -0.2) is 4.98 Å². The minimum absolute atomic E-state index is 0. The Morgan fingerprint density at radius 1 is 0.700 bits per heavy atom. The van der Waals surface area contributed by atoms with Crippen molar-refractivity contribution in [3.8, 4) is 10.6 Å². The smallest absolute Gasteiger partial charge is 0.233 e. The maximum Gasteiger partial charge on any atom is 0.233 e. The molecule has 0 unspecified atom stereocenters. The number of thiazole rings is 1. The number of halogens is 1. The van der Waals surface area contributed by atoms with Crippen molar-refractivity contribution in [2.45, 2.75) is 45.4 Å². The van der Waals surface area contributed by atoms with Gasteiger partial charge in [0.1, 0.15) is 5.01 Å². The molecule has 2 saturated heterocycles.